The van der Waals surface area contributed by atoms with Gasteiger partial charge in [-0.05, 0) is 48.0 Å². The van der Waals surface area contributed by atoms with Crippen molar-refractivity contribution < 1.29 is 78.6 Å². The quantitative estimate of drug-likeness (QED) is 0.266. The maximum absolute atomic E-state index is 10.3. The fraction of sp³-hybridized carbons (Fsp3) is 0.500. The molecule has 0 saturated carbocycles. The van der Waals surface area contributed by atoms with E-state index >= 15 is 0 Å². The van der Waals surface area contributed by atoms with E-state index in [1.165, 1.54) is 0 Å². The number of hydrogen-bond acceptors (Lipinski definition) is 8. The fourth-order valence-electron chi connectivity index (χ4n) is 1.57. The van der Waals surface area contributed by atoms with Crippen molar-refractivity contribution in [1.29, 1.82) is 0 Å². The van der Waals surface area contributed by atoms with Crippen LogP contribution in [0, 0.1) is 11.8 Å². The van der Waals surface area contributed by atoms with Gasteiger partial charge in [0.15, 0.2) is 0 Å². The van der Waals surface area contributed by atoms with Gasteiger partial charge in [-0.25, -0.2) is 0 Å². The Kier molecular flexibility index (Phi) is 21.2. The molecular formula is C16H20O8Zn2. The number of carboxylic acid groups (broad SMARTS) is 4. The van der Waals surface area contributed by atoms with Crippen molar-refractivity contribution in [1.82, 2.24) is 0 Å². The van der Waals surface area contributed by atoms with Crippen LogP contribution in [0.15, 0.2) is 23.3 Å². The molecule has 8 nitrogen and oxygen atoms in total. The van der Waals surface area contributed by atoms with Gasteiger partial charge in [-0.3, -0.25) is 0 Å². The Morgan fingerprint density at radius 1 is 0.654 bits per heavy atom. The van der Waals surface area contributed by atoms with Gasteiger partial charge in [-0.1, -0.05) is 27.7 Å². The maximum Gasteiger partial charge on any atom is 2.00 e. The first-order chi connectivity index (χ1) is 10.9. The third-order valence-corrected chi connectivity index (χ3v) is 2.36. The molecule has 0 heterocycles. The molecule has 0 aromatic rings. The summed E-state index contributed by atoms with van der Waals surface area (Å²) < 4.78 is 0. The first-order valence-electron chi connectivity index (χ1n) is 7.12. The topological polar surface area (TPSA) is 161 Å². The molecular weight excluding hydrogens is 451 g/mol. The molecule has 0 aliphatic heterocycles. The van der Waals surface area contributed by atoms with Crippen molar-refractivity contribution in [2.45, 2.75) is 40.5 Å². The molecule has 0 atom stereocenters. The molecule has 0 N–H and O–H groups in total. The van der Waals surface area contributed by atoms with Gasteiger partial charge in [0.05, 0.1) is 23.9 Å². The van der Waals surface area contributed by atoms with E-state index in [0.29, 0.717) is 12.2 Å². The summed E-state index contributed by atoms with van der Waals surface area (Å²) in [7, 11) is 0. The Morgan fingerprint density at radius 2 is 0.885 bits per heavy atom. The Bertz CT molecular complexity index is 488. The van der Waals surface area contributed by atoms with Gasteiger partial charge in [0, 0.05) is 0 Å². The Hall–Kier alpha value is -1.39. The third-order valence-electron chi connectivity index (χ3n) is 2.36. The van der Waals surface area contributed by atoms with Crippen LogP contribution in [0.25, 0.3) is 0 Å². The van der Waals surface area contributed by atoms with Crippen molar-refractivity contribution in [2.75, 3.05) is 0 Å². The van der Waals surface area contributed by atoms with Gasteiger partial charge in [0.2, 0.25) is 0 Å². The van der Waals surface area contributed by atoms with E-state index < -0.39 is 23.9 Å². The predicted octanol–water partition coefficient (Wildman–Crippen LogP) is -3.09. The Balaban J connectivity index is -0.000000173. The van der Waals surface area contributed by atoms with Crippen molar-refractivity contribution in [3.05, 3.63) is 23.3 Å². The minimum absolute atomic E-state index is 0. The van der Waals surface area contributed by atoms with Crippen molar-refractivity contribution in [3.63, 3.8) is 0 Å². The average Bonchev–Trinajstić information content (AvgIpc) is 2.35. The molecule has 0 unspecified atom stereocenters. The van der Waals surface area contributed by atoms with Crippen LogP contribution in [-0.2, 0) is 58.1 Å². The zero-order valence-electron chi connectivity index (χ0n) is 15.4. The molecule has 10 heteroatoms. The summed E-state index contributed by atoms with van der Waals surface area (Å²) in [6.07, 6.45) is 1.48. The molecule has 0 aliphatic carbocycles. The number of carbonyl (C=O) groups excluding carboxylic acids is 4. The molecule has 0 radical (unpaired) electrons. The van der Waals surface area contributed by atoms with E-state index in [0.717, 1.165) is 0 Å². The fourth-order valence-corrected chi connectivity index (χ4v) is 1.57. The molecule has 0 saturated heterocycles. The number of carboxylic acids is 4. The predicted molar refractivity (Wildman–Crippen MR) is 75.1 cm³/mol. The first-order valence-corrected chi connectivity index (χ1v) is 7.12. The molecule has 0 rings (SSSR count). The van der Waals surface area contributed by atoms with Crippen LogP contribution in [0.5, 0.6) is 0 Å². The van der Waals surface area contributed by atoms with Crippen molar-refractivity contribution in [2.24, 2.45) is 11.8 Å². The first kappa shape index (κ1) is 32.3. The molecule has 0 bridgehead atoms. The summed E-state index contributed by atoms with van der Waals surface area (Å²) in [4.78, 5) is 40.6. The van der Waals surface area contributed by atoms with Crippen LogP contribution >= 0.6 is 0 Å². The molecule has 0 aliphatic rings. The van der Waals surface area contributed by atoms with Crippen molar-refractivity contribution >= 4 is 23.9 Å². The molecule has 0 aromatic heterocycles. The molecule has 0 spiro atoms. The second-order valence-corrected chi connectivity index (χ2v) is 5.75. The van der Waals surface area contributed by atoms with E-state index in [-0.39, 0.29) is 74.8 Å². The van der Waals surface area contributed by atoms with Gasteiger partial charge >= 0.3 is 39.0 Å². The van der Waals surface area contributed by atoms with Gasteiger partial charge in [0.25, 0.3) is 0 Å². The van der Waals surface area contributed by atoms with Crippen LogP contribution in [0.4, 0.5) is 0 Å². The molecule has 136 valence electrons. The van der Waals surface area contributed by atoms with Gasteiger partial charge < -0.3 is 39.6 Å². The van der Waals surface area contributed by atoms with E-state index in [1.807, 2.05) is 0 Å². The van der Waals surface area contributed by atoms with Crippen LogP contribution in [0.1, 0.15) is 40.5 Å². The zero-order valence-corrected chi connectivity index (χ0v) is 21.3. The summed E-state index contributed by atoms with van der Waals surface area (Å²) in [5, 5.41) is 40.6. The van der Waals surface area contributed by atoms with Gasteiger partial charge in [-0.15, -0.1) is 0 Å². The van der Waals surface area contributed by atoms with Crippen LogP contribution in [0.3, 0.4) is 0 Å². The minimum atomic E-state index is -1.50. The van der Waals surface area contributed by atoms with Crippen LogP contribution in [-0.4, -0.2) is 23.9 Å². The number of rotatable bonds is 8. The normalized spacial score (nSPS) is 10.8. The summed E-state index contributed by atoms with van der Waals surface area (Å²) >= 11 is 0. The molecule has 0 aromatic carbocycles. The summed E-state index contributed by atoms with van der Waals surface area (Å²) in [5.41, 5.74) is -0.463. The smallest absolute Gasteiger partial charge is 0.545 e. The Morgan fingerprint density at radius 3 is 1.00 bits per heavy atom. The number of carbonyl (C=O) groups is 4. The summed E-state index contributed by atoms with van der Waals surface area (Å²) in [6.45, 7) is 7.14. The largest absolute Gasteiger partial charge is 2.00 e. The van der Waals surface area contributed by atoms with Crippen LogP contribution in [0.2, 0.25) is 0 Å². The molecule has 0 fully saturated rings. The zero-order chi connectivity index (χ0) is 19.4. The third kappa shape index (κ3) is 20.7. The van der Waals surface area contributed by atoms with E-state index in [9.17, 15) is 39.6 Å². The van der Waals surface area contributed by atoms with Gasteiger partial charge in [-0.2, -0.15) is 0 Å². The number of aliphatic carboxylic acids is 4. The Labute approximate surface area is 177 Å². The number of hydrogen-bond donors (Lipinski definition) is 0. The van der Waals surface area contributed by atoms with E-state index in [4.69, 9.17) is 0 Å². The molecule has 26 heavy (non-hydrogen) atoms. The summed E-state index contributed by atoms with van der Waals surface area (Å²) in [6, 6.07) is 0. The monoisotopic (exact) mass is 468 g/mol. The maximum atomic E-state index is 10.3. The van der Waals surface area contributed by atoms with Crippen LogP contribution < -0.4 is 20.4 Å². The second kappa shape index (κ2) is 17.0. The molecule has 0 amide bonds. The van der Waals surface area contributed by atoms with Gasteiger partial charge in [0.1, 0.15) is 0 Å². The van der Waals surface area contributed by atoms with E-state index in [1.54, 1.807) is 27.7 Å². The summed E-state index contributed by atoms with van der Waals surface area (Å²) in [5.74, 6) is -5.76. The second-order valence-electron chi connectivity index (χ2n) is 5.75. The van der Waals surface area contributed by atoms with Crippen molar-refractivity contribution in [3.8, 4) is 0 Å². The average molecular weight is 471 g/mol. The standard InChI is InChI=1S/2C8H12O4.2Zn/c2*1-5(2)3-6(8(11)12)4-7(9)10;;/h2*4-5H,3H2,1-2H3,(H,9,10)(H,11,12);;/q;;2*+2/p-4. The van der Waals surface area contributed by atoms with E-state index in [2.05, 4.69) is 0 Å². The SMILES string of the molecule is CC(C)CC(=CC(=O)[O-])C(=O)[O-].CC(C)CC(=CC(=O)[O-])C(=O)[O-].[Zn+2].[Zn+2]. The minimum Gasteiger partial charge on any atom is -0.545 e.